The summed E-state index contributed by atoms with van der Waals surface area (Å²) < 4.78 is 16.5. The molecule has 0 aliphatic rings. The topological polar surface area (TPSA) is 70.5 Å². The molecule has 30 heavy (non-hydrogen) atoms. The van der Waals surface area contributed by atoms with Crippen LogP contribution in [0.15, 0.2) is 67.0 Å². The van der Waals surface area contributed by atoms with E-state index in [9.17, 15) is 4.79 Å². The van der Waals surface area contributed by atoms with Gasteiger partial charge in [-0.2, -0.15) is 0 Å². The monoisotopic (exact) mass is 406 g/mol. The van der Waals surface area contributed by atoms with Crippen molar-refractivity contribution in [3.05, 3.63) is 78.1 Å². The number of hydrogen-bond acceptors (Lipinski definition) is 6. The lowest BCUT2D eigenvalue weighted by atomic mass is 10.1. The van der Waals surface area contributed by atoms with Crippen LogP contribution in [0.1, 0.15) is 25.0 Å². The lowest BCUT2D eigenvalue weighted by molar-refractivity contribution is -0.156. The maximum atomic E-state index is 12.0. The largest absolute Gasteiger partial charge is 0.489 e. The number of carbonyl (C=O) groups is 1. The van der Waals surface area contributed by atoms with Crippen molar-refractivity contribution in [1.29, 1.82) is 0 Å². The Labute approximate surface area is 176 Å². The summed E-state index contributed by atoms with van der Waals surface area (Å²) in [7, 11) is 0. The third-order valence-corrected chi connectivity index (χ3v) is 4.45. The highest BCUT2D eigenvalue weighted by Gasteiger charge is 2.20. The van der Waals surface area contributed by atoms with Gasteiger partial charge in [0.2, 0.25) is 0 Å². The van der Waals surface area contributed by atoms with Crippen LogP contribution in [0.3, 0.4) is 0 Å². The van der Waals surface area contributed by atoms with E-state index in [1.165, 1.54) is 0 Å². The summed E-state index contributed by atoms with van der Waals surface area (Å²) >= 11 is 0. The molecular formula is C24H26N2O4. The molecule has 1 heterocycles. The molecule has 1 unspecified atom stereocenters. The Morgan fingerprint density at radius 3 is 2.20 bits per heavy atom. The summed E-state index contributed by atoms with van der Waals surface area (Å²) in [5, 5.41) is 0. The molecule has 3 aromatic rings. The Morgan fingerprint density at radius 2 is 1.57 bits per heavy atom. The molecule has 0 fully saturated rings. The van der Waals surface area contributed by atoms with Crippen LogP contribution >= 0.6 is 0 Å². The van der Waals surface area contributed by atoms with Crippen LogP contribution in [0.2, 0.25) is 0 Å². The highest BCUT2D eigenvalue weighted by atomic mass is 16.6. The van der Waals surface area contributed by atoms with Gasteiger partial charge in [-0.15, -0.1) is 0 Å². The number of ether oxygens (including phenoxy) is 3. The minimum Gasteiger partial charge on any atom is -0.489 e. The first kappa shape index (κ1) is 21.5. The van der Waals surface area contributed by atoms with Crippen molar-refractivity contribution in [3.8, 4) is 17.1 Å². The van der Waals surface area contributed by atoms with Crippen molar-refractivity contribution >= 4 is 5.97 Å². The average Bonchev–Trinajstić information content (AvgIpc) is 2.79. The molecular weight excluding hydrogens is 380 g/mol. The second-order valence-electron chi connectivity index (χ2n) is 6.60. The molecule has 0 aliphatic heterocycles. The average molecular weight is 406 g/mol. The quantitative estimate of drug-likeness (QED) is 0.469. The fourth-order valence-corrected chi connectivity index (χ4v) is 2.95. The number of hydrogen-bond donors (Lipinski definition) is 0. The molecule has 3 rings (SSSR count). The number of benzene rings is 2. The van der Waals surface area contributed by atoms with Crippen LogP contribution in [0.25, 0.3) is 11.4 Å². The van der Waals surface area contributed by atoms with Crippen molar-refractivity contribution in [2.75, 3.05) is 13.2 Å². The van der Waals surface area contributed by atoms with E-state index in [-0.39, 0.29) is 5.97 Å². The van der Waals surface area contributed by atoms with Gasteiger partial charge in [0.05, 0.1) is 6.61 Å². The fraction of sp³-hybridized carbons (Fsp3) is 0.292. The molecule has 1 aromatic heterocycles. The molecule has 0 radical (unpaired) electrons. The van der Waals surface area contributed by atoms with Crippen molar-refractivity contribution in [2.45, 2.75) is 33.0 Å². The van der Waals surface area contributed by atoms with Crippen molar-refractivity contribution in [3.63, 3.8) is 0 Å². The van der Waals surface area contributed by atoms with E-state index in [1.54, 1.807) is 25.4 Å². The molecule has 2 aromatic carbocycles. The summed E-state index contributed by atoms with van der Waals surface area (Å²) in [6.45, 7) is 4.91. The van der Waals surface area contributed by atoms with E-state index in [4.69, 9.17) is 14.2 Å². The minimum atomic E-state index is -0.589. The predicted molar refractivity (Wildman–Crippen MR) is 114 cm³/mol. The van der Waals surface area contributed by atoms with Crippen LogP contribution in [-0.4, -0.2) is 35.3 Å². The van der Waals surface area contributed by atoms with Crippen LogP contribution in [0, 0.1) is 0 Å². The van der Waals surface area contributed by atoms with E-state index in [2.05, 4.69) is 9.97 Å². The van der Waals surface area contributed by atoms with Gasteiger partial charge in [0.1, 0.15) is 12.4 Å². The lowest BCUT2D eigenvalue weighted by Crippen LogP contribution is -2.28. The summed E-state index contributed by atoms with van der Waals surface area (Å²) in [5.74, 6) is 1.14. The molecule has 6 heteroatoms. The van der Waals surface area contributed by atoms with Gasteiger partial charge in [-0.3, -0.25) is 0 Å². The number of rotatable bonds is 10. The normalized spacial score (nSPS) is 11.7. The number of nitrogens with zero attached hydrogens (tertiary/aromatic N) is 2. The molecule has 0 N–H and O–H groups in total. The van der Waals surface area contributed by atoms with E-state index in [0.717, 1.165) is 22.4 Å². The third kappa shape index (κ3) is 6.12. The molecule has 0 amide bonds. The molecule has 1 atom stereocenters. The zero-order chi connectivity index (χ0) is 21.2. The number of carbonyl (C=O) groups excluding carboxylic acids is 1. The van der Waals surface area contributed by atoms with E-state index >= 15 is 0 Å². The standard InChI is InChI=1S/C24H26N2O4/c1-3-28-22(24(27)29-4-2)16-18-8-12-21(13-9-18)30-17-19-6-10-20(11-7-19)23-25-14-5-15-26-23/h5-15,22H,3-4,16-17H2,1-2H3. The Hall–Kier alpha value is -3.25. The Kier molecular flexibility index (Phi) is 7.92. The zero-order valence-electron chi connectivity index (χ0n) is 17.3. The van der Waals surface area contributed by atoms with Gasteiger partial charge in [0.25, 0.3) is 0 Å². The van der Waals surface area contributed by atoms with E-state index in [1.807, 2.05) is 55.5 Å². The molecule has 6 nitrogen and oxygen atoms in total. The van der Waals surface area contributed by atoms with Gasteiger partial charge in [0.15, 0.2) is 11.9 Å². The summed E-state index contributed by atoms with van der Waals surface area (Å²) in [6.07, 6.45) is 3.34. The van der Waals surface area contributed by atoms with Gasteiger partial charge >= 0.3 is 5.97 Å². The van der Waals surface area contributed by atoms with Gasteiger partial charge in [-0.05, 0) is 43.2 Å². The van der Waals surface area contributed by atoms with Gasteiger partial charge in [-0.25, -0.2) is 14.8 Å². The van der Waals surface area contributed by atoms with E-state index < -0.39 is 6.10 Å². The first-order valence-electron chi connectivity index (χ1n) is 10.1. The Morgan fingerprint density at radius 1 is 0.900 bits per heavy atom. The number of aromatic nitrogens is 2. The van der Waals surface area contributed by atoms with Gasteiger partial charge in [0, 0.05) is 31.0 Å². The Bertz CT molecular complexity index is 912. The molecule has 156 valence electrons. The molecule has 0 spiro atoms. The second kappa shape index (κ2) is 11.1. The summed E-state index contributed by atoms with van der Waals surface area (Å²) in [4.78, 5) is 20.5. The van der Waals surface area contributed by atoms with Crippen molar-refractivity contribution < 1.29 is 19.0 Å². The maximum absolute atomic E-state index is 12.0. The van der Waals surface area contributed by atoms with Gasteiger partial charge in [-0.1, -0.05) is 36.4 Å². The smallest absolute Gasteiger partial charge is 0.335 e. The first-order chi connectivity index (χ1) is 14.7. The summed E-state index contributed by atoms with van der Waals surface area (Å²) in [5.41, 5.74) is 3.01. The predicted octanol–water partition coefficient (Wildman–Crippen LogP) is 4.23. The highest BCUT2D eigenvalue weighted by molar-refractivity contribution is 5.75. The van der Waals surface area contributed by atoms with Gasteiger partial charge < -0.3 is 14.2 Å². The lowest BCUT2D eigenvalue weighted by Gasteiger charge is -2.16. The molecule has 0 saturated heterocycles. The van der Waals surface area contributed by atoms with E-state index in [0.29, 0.717) is 32.1 Å². The first-order valence-corrected chi connectivity index (χ1v) is 10.1. The molecule has 0 aliphatic carbocycles. The SMILES string of the molecule is CCOC(=O)C(Cc1ccc(OCc2ccc(-c3ncccn3)cc2)cc1)OCC. The number of esters is 1. The molecule has 0 saturated carbocycles. The molecule has 0 bridgehead atoms. The Balaban J connectivity index is 1.54. The second-order valence-corrected chi connectivity index (χ2v) is 6.60. The maximum Gasteiger partial charge on any atom is 0.335 e. The van der Waals surface area contributed by atoms with Crippen LogP contribution in [0.4, 0.5) is 0 Å². The third-order valence-electron chi connectivity index (χ3n) is 4.45. The van der Waals surface area contributed by atoms with Crippen LogP contribution in [-0.2, 0) is 27.3 Å². The highest BCUT2D eigenvalue weighted by Crippen LogP contribution is 2.18. The fourth-order valence-electron chi connectivity index (χ4n) is 2.95. The minimum absolute atomic E-state index is 0.330. The van der Waals surface area contributed by atoms with Crippen LogP contribution < -0.4 is 4.74 Å². The van der Waals surface area contributed by atoms with Crippen molar-refractivity contribution in [1.82, 2.24) is 9.97 Å². The summed E-state index contributed by atoms with van der Waals surface area (Å²) in [6, 6.07) is 17.5. The zero-order valence-corrected chi connectivity index (χ0v) is 17.3. The van der Waals surface area contributed by atoms with Crippen LogP contribution in [0.5, 0.6) is 5.75 Å². The van der Waals surface area contributed by atoms with Crippen molar-refractivity contribution in [2.24, 2.45) is 0 Å².